The Kier molecular flexibility index (Phi) is 11.5. The maximum absolute atomic E-state index is 13.9. The van der Waals surface area contributed by atoms with E-state index in [1.54, 1.807) is 61.5 Å². The molecule has 0 aliphatic rings. The average molecular weight is 621 g/mol. The summed E-state index contributed by atoms with van der Waals surface area (Å²) in [5.41, 5.74) is 0.857. The number of nitrogens with zero attached hydrogens (tertiary/aromatic N) is 2. The van der Waals surface area contributed by atoms with Crippen LogP contribution in [0.3, 0.4) is 0 Å². The van der Waals surface area contributed by atoms with Crippen molar-refractivity contribution in [2.24, 2.45) is 5.92 Å². The highest BCUT2D eigenvalue weighted by molar-refractivity contribution is 7.92. The van der Waals surface area contributed by atoms with Gasteiger partial charge in [0.05, 0.1) is 11.9 Å². The Morgan fingerprint density at radius 1 is 0.951 bits per heavy atom. The number of hydrogen-bond donors (Lipinski definition) is 1. The Labute approximate surface area is 252 Å². The third-order valence-corrected chi connectivity index (χ3v) is 7.94. The highest BCUT2D eigenvalue weighted by Crippen LogP contribution is 2.27. The van der Waals surface area contributed by atoms with Crippen molar-refractivity contribution in [2.75, 3.05) is 23.7 Å². The fraction of sp³-hybridized carbons (Fsp3) is 0.333. The zero-order chi connectivity index (χ0) is 30.2. The van der Waals surface area contributed by atoms with Crippen LogP contribution in [0.4, 0.5) is 5.69 Å². The van der Waals surface area contributed by atoms with Gasteiger partial charge in [-0.05, 0) is 66.4 Å². The minimum absolute atomic E-state index is 0.0100. The van der Waals surface area contributed by atoms with Crippen LogP contribution in [-0.2, 0) is 26.2 Å². The molecule has 0 heterocycles. The molecule has 0 aliphatic heterocycles. The van der Waals surface area contributed by atoms with Gasteiger partial charge in [-0.25, -0.2) is 8.42 Å². The van der Waals surface area contributed by atoms with Crippen molar-refractivity contribution in [3.05, 3.63) is 88.4 Å². The number of sulfonamides is 1. The highest BCUT2D eigenvalue weighted by Gasteiger charge is 2.32. The number of nitrogens with one attached hydrogen (secondary N) is 1. The zero-order valence-electron chi connectivity index (χ0n) is 23.5. The largest absolute Gasteiger partial charge is 0.457 e. The predicted molar refractivity (Wildman–Crippen MR) is 164 cm³/mol. The quantitative estimate of drug-likeness (QED) is 0.248. The molecule has 3 aromatic carbocycles. The number of para-hydroxylation sites is 1. The van der Waals surface area contributed by atoms with E-state index in [2.05, 4.69) is 5.32 Å². The second kappa shape index (κ2) is 14.6. The summed E-state index contributed by atoms with van der Waals surface area (Å²) < 4.78 is 32.6. The van der Waals surface area contributed by atoms with E-state index in [1.807, 2.05) is 32.0 Å². The Hall–Kier alpha value is -3.27. The molecular weight excluding hydrogens is 585 g/mol. The smallest absolute Gasteiger partial charge is 0.244 e. The number of rotatable bonds is 13. The number of anilines is 1. The van der Waals surface area contributed by atoms with Gasteiger partial charge >= 0.3 is 0 Å². The van der Waals surface area contributed by atoms with Crippen molar-refractivity contribution < 1.29 is 22.7 Å². The third kappa shape index (κ3) is 9.38. The molecule has 1 unspecified atom stereocenters. The summed E-state index contributed by atoms with van der Waals surface area (Å²) in [7, 11) is -3.88. The first-order valence-corrected chi connectivity index (χ1v) is 15.8. The number of carbonyl (C=O) groups is 2. The van der Waals surface area contributed by atoms with E-state index in [4.69, 9.17) is 27.9 Å². The molecule has 0 saturated heterocycles. The lowest BCUT2D eigenvalue weighted by Gasteiger charge is -2.33. The van der Waals surface area contributed by atoms with Crippen molar-refractivity contribution in [3.63, 3.8) is 0 Å². The van der Waals surface area contributed by atoms with Crippen molar-refractivity contribution in [1.82, 2.24) is 10.2 Å². The van der Waals surface area contributed by atoms with E-state index in [-0.39, 0.29) is 24.1 Å². The number of benzene rings is 3. The summed E-state index contributed by atoms with van der Waals surface area (Å²) in [4.78, 5) is 28.4. The molecule has 8 nitrogen and oxygen atoms in total. The lowest BCUT2D eigenvalue weighted by Crippen LogP contribution is -2.52. The summed E-state index contributed by atoms with van der Waals surface area (Å²) in [5.74, 6) is 0.464. The number of carbonyl (C=O) groups excluding carboxylic acids is 2. The van der Waals surface area contributed by atoms with Crippen LogP contribution in [0.15, 0.2) is 72.8 Å². The second-order valence-corrected chi connectivity index (χ2v) is 12.7. The zero-order valence-corrected chi connectivity index (χ0v) is 25.8. The standard InChI is InChI=1S/C30H35Cl2N3O5S/c1-5-28(30(37)33-18-21(2)3)34(19-22-11-12-23(31)17-27(22)32)29(36)20-35(41(4,38)39)24-13-15-26(16-14-24)40-25-9-7-6-8-10-25/h6-17,21,28H,5,18-20H2,1-4H3,(H,33,37). The Morgan fingerprint density at radius 3 is 2.15 bits per heavy atom. The normalized spacial score (nSPS) is 12.1. The maximum Gasteiger partial charge on any atom is 0.244 e. The van der Waals surface area contributed by atoms with Crippen LogP contribution in [0, 0.1) is 5.92 Å². The molecule has 220 valence electrons. The summed E-state index contributed by atoms with van der Waals surface area (Å²) in [6, 6.07) is 19.6. The molecule has 11 heteroatoms. The van der Waals surface area contributed by atoms with Gasteiger partial charge in [-0.1, -0.05) is 68.2 Å². The van der Waals surface area contributed by atoms with Gasteiger partial charge in [0.15, 0.2) is 0 Å². The molecule has 2 amide bonds. The minimum Gasteiger partial charge on any atom is -0.457 e. The van der Waals surface area contributed by atoms with E-state index < -0.39 is 28.5 Å². The Morgan fingerprint density at radius 2 is 1.59 bits per heavy atom. The summed E-state index contributed by atoms with van der Waals surface area (Å²) in [6.45, 7) is 5.64. The van der Waals surface area contributed by atoms with Crippen LogP contribution in [0.5, 0.6) is 11.5 Å². The van der Waals surface area contributed by atoms with Crippen molar-refractivity contribution in [2.45, 2.75) is 39.8 Å². The van der Waals surface area contributed by atoms with E-state index in [0.717, 1.165) is 10.6 Å². The van der Waals surface area contributed by atoms with Crippen LogP contribution >= 0.6 is 23.2 Å². The number of ether oxygens (including phenoxy) is 1. The molecule has 0 aromatic heterocycles. The van der Waals surface area contributed by atoms with E-state index in [9.17, 15) is 18.0 Å². The molecule has 3 aromatic rings. The molecule has 0 saturated carbocycles. The lowest BCUT2D eigenvalue weighted by atomic mass is 10.1. The third-order valence-electron chi connectivity index (χ3n) is 6.21. The number of amides is 2. The van der Waals surface area contributed by atoms with Gasteiger partial charge in [0.2, 0.25) is 21.8 Å². The molecular formula is C30H35Cl2N3O5S. The van der Waals surface area contributed by atoms with Crippen LogP contribution < -0.4 is 14.4 Å². The Bertz CT molecular complexity index is 1430. The summed E-state index contributed by atoms with van der Waals surface area (Å²) in [6.07, 6.45) is 1.34. The minimum atomic E-state index is -3.88. The fourth-order valence-corrected chi connectivity index (χ4v) is 5.41. The SMILES string of the molecule is CCC(C(=O)NCC(C)C)N(Cc1ccc(Cl)cc1Cl)C(=O)CN(c1ccc(Oc2ccccc2)cc1)S(C)(=O)=O. The molecule has 0 spiro atoms. The van der Waals surface area contributed by atoms with Gasteiger partial charge in [-0.2, -0.15) is 0 Å². The molecule has 0 bridgehead atoms. The molecule has 0 aliphatic carbocycles. The van der Waals surface area contributed by atoms with Crippen molar-refractivity contribution >= 4 is 50.7 Å². The fourth-order valence-electron chi connectivity index (χ4n) is 4.09. The molecule has 0 fully saturated rings. The average Bonchev–Trinajstić information content (AvgIpc) is 2.92. The molecule has 3 rings (SSSR count). The van der Waals surface area contributed by atoms with Crippen LogP contribution in [-0.4, -0.2) is 50.5 Å². The number of hydrogen-bond acceptors (Lipinski definition) is 5. The van der Waals surface area contributed by atoms with Crippen LogP contribution in [0.25, 0.3) is 0 Å². The monoisotopic (exact) mass is 619 g/mol. The van der Waals surface area contributed by atoms with Gasteiger partial charge in [-0.3, -0.25) is 13.9 Å². The topological polar surface area (TPSA) is 96.0 Å². The van der Waals surface area contributed by atoms with E-state index in [0.29, 0.717) is 40.1 Å². The van der Waals surface area contributed by atoms with Crippen LogP contribution in [0.1, 0.15) is 32.8 Å². The van der Waals surface area contributed by atoms with E-state index >= 15 is 0 Å². The van der Waals surface area contributed by atoms with Gasteiger partial charge in [-0.15, -0.1) is 0 Å². The predicted octanol–water partition coefficient (Wildman–Crippen LogP) is 6.13. The van der Waals surface area contributed by atoms with Gasteiger partial charge < -0.3 is 15.0 Å². The molecule has 1 N–H and O–H groups in total. The van der Waals surface area contributed by atoms with Crippen molar-refractivity contribution in [3.8, 4) is 11.5 Å². The van der Waals surface area contributed by atoms with Gasteiger partial charge in [0.1, 0.15) is 24.1 Å². The Balaban J connectivity index is 1.91. The number of halogens is 2. The summed E-state index contributed by atoms with van der Waals surface area (Å²) in [5, 5.41) is 3.65. The molecule has 41 heavy (non-hydrogen) atoms. The first kappa shape index (κ1) is 32.2. The summed E-state index contributed by atoms with van der Waals surface area (Å²) >= 11 is 12.5. The lowest BCUT2D eigenvalue weighted by molar-refractivity contribution is -0.140. The first-order chi connectivity index (χ1) is 19.4. The van der Waals surface area contributed by atoms with Crippen LogP contribution in [0.2, 0.25) is 10.0 Å². The second-order valence-electron chi connectivity index (χ2n) is 10.00. The van der Waals surface area contributed by atoms with Crippen molar-refractivity contribution in [1.29, 1.82) is 0 Å². The van der Waals surface area contributed by atoms with E-state index in [1.165, 1.54) is 4.90 Å². The van der Waals surface area contributed by atoms with Gasteiger partial charge in [0, 0.05) is 23.1 Å². The maximum atomic E-state index is 13.9. The van der Waals surface area contributed by atoms with Gasteiger partial charge in [0.25, 0.3) is 0 Å². The first-order valence-electron chi connectivity index (χ1n) is 13.2. The molecule has 0 radical (unpaired) electrons. The molecule has 1 atom stereocenters. The highest BCUT2D eigenvalue weighted by atomic mass is 35.5.